The van der Waals surface area contributed by atoms with E-state index >= 15 is 0 Å². The summed E-state index contributed by atoms with van der Waals surface area (Å²) in [5.41, 5.74) is 5.48. The van der Waals surface area contributed by atoms with Gasteiger partial charge in [-0.2, -0.15) is 5.10 Å². The molecule has 0 saturated carbocycles. The number of benzene rings is 3. The molecule has 0 amide bonds. The van der Waals surface area contributed by atoms with Gasteiger partial charge in [0.15, 0.2) is 5.11 Å². The van der Waals surface area contributed by atoms with Gasteiger partial charge in [-0.3, -0.25) is 5.43 Å². The minimum absolute atomic E-state index is 0.255. The summed E-state index contributed by atoms with van der Waals surface area (Å²) in [6.45, 7) is 0.384. The summed E-state index contributed by atoms with van der Waals surface area (Å²) in [6.07, 6.45) is 1.67. The van der Waals surface area contributed by atoms with Gasteiger partial charge in [-0.1, -0.05) is 30.3 Å². The van der Waals surface area contributed by atoms with Crippen molar-refractivity contribution in [3.8, 4) is 5.75 Å². The predicted octanol–water partition coefficient (Wildman–Crippen LogP) is 4.73. The van der Waals surface area contributed by atoms with Crippen molar-refractivity contribution in [2.45, 2.75) is 6.61 Å². The molecule has 0 bridgehead atoms. The molecule has 0 radical (unpaired) electrons. The van der Waals surface area contributed by atoms with Crippen LogP contribution in [-0.4, -0.2) is 11.3 Å². The molecule has 0 saturated heterocycles. The van der Waals surface area contributed by atoms with Crippen LogP contribution in [0.4, 0.5) is 10.1 Å². The lowest BCUT2D eigenvalue weighted by Crippen LogP contribution is -2.23. The molecule has 0 unspecified atom stereocenters. The standard InChI is InChI=1S/C21H18FN3OS/c22-18-10-6-17(7-11-18)15-26-20-12-8-16(9-13-20)14-23-25-21(27)24-19-4-2-1-3-5-19/h1-14H,15H2,(H2,24,25,27). The lowest BCUT2D eigenvalue weighted by Gasteiger charge is -2.07. The highest BCUT2D eigenvalue weighted by Crippen LogP contribution is 2.14. The maximum Gasteiger partial charge on any atom is 0.191 e. The third-order valence-corrected chi connectivity index (χ3v) is 3.80. The van der Waals surface area contributed by atoms with Gasteiger partial charge in [0.25, 0.3) is 0 Å². The van der Waals surface area contributed by atoms with Crippen molar-refractivity contribution in [2.24, 2.45) is 5.10 Å². The van der Waals surface area contributed by atoms with Gasteiger partial charge in [0.2, 0.25) is 0 Å². The Morgan fingerprint density at radius 3 is 2.37 bits per heavy atom. The SMILES string of the molecule is Fc1ccc(COc2ccc(C=NNC(=S)Nc3ccccc3)cc2)cc1. The number of hydrazone groups is 1. The Hall–Kier alpha value is -3.25. The van der Waals surface area contributed by atoms with Crippen molar-refractivity contribution in [3.05, 3.63) is 95.8 Å². The fourth-order valence-corrected chi connectivity index (χ4v) is 2.41. The first kappa shape index (κ1) is 18.5. The third-order valence-electron chi connectivity index (χ3n) is 3.61. The summed E-state index contributed by atoms with van der Waals surface area (Å²) in [5.74, 6) is 0.472. The van der Waals surface area contributed by atoms with Crippen molar-refractivity contribution in [2.75, 3.05) is 5.32 Å². The van der Waals surface area contributed by atoms with Gasteiger partial charge < -0.3 is 10.1 Å². The van der Waals surface area contributed by atoms with Gasteiger partial charge >= 0.3 is 0 Å². The maximum atomic E-state index is 12.9. The lowest BCUT2D eigenvalue weighted by atomic mass is 10.2. The van der Waals surface area contributed by atoms with E-state index in [-0.39, 0.29) is 5.82 Å². The Balaban J connectivity index is 1.46. The van der Waals surface area contributed by atoms with E-state index in [4.69, 9.17) is 17.0 Å². The average molecular weight is 379 g/mol. The molecule has 2 N–H and O–H groups in total. The molecular formula is C21H18FN3OS. The molecular weight excluding hydrogens is 361 g/mol. The zero-order chi connectivity index (χ0) is 18.9. The average Bonchev–Trinajstić information content (AvgIpc) is 2.69. The molecule has 0 spiro atoms. The summed E-state index contributed by atoms with van der Waals surface area (Å²) in [5, 5.41) is 7.56. The van der Waals surface area contributed by atoms with Crippen molar-refractivity contribution in [1.82, 2.24) is 5.43 Å². The molecule has 0 fully saturated rings. The molecule has 0 heterocycles. The van der Waals surface area contributed by atoms with Crippen LogP contribution in [-0.2, 0) is 6.61 Å². The Kier molecular flexibility index (Phi) is 6.49. The highest BCUT2D eigenvalue weighted by molar-refractivity contribution is 7.80. The van der Waals surface area contributed by atoms with E-state index in [1.807, 2.05) is 54.6 Å². The van der Waals surface area contributed by atoms with Crippen molar-refractivity contribution >= 4 is 29.2 Å². The van der Waals surface area contributed by atoms with Gasteiger partial charge in [0, 0.05) is 5.69 Å². The number of nitrogens with one attached hydrogen (secondary N) is 2. The Morgan fingerprint density at radius 1 is 0.963 bits per heavy atom. The summed E-state index contributed by atoms with van der Waals surface area (Å²) in [6, 6.07) is 23.3. The Morgan fingerprint density at radius 2 is 1.67 bits per heavy atom. The van der Waals surface area contributed by atoms with Crippen LogP contribution in [0.15, 0.2) is 84.0 Å². The van der Waals surface area contributed by atoms with Crippen molar-refractivity contribution in [3.63, 3.8) is 0 Å². The first-order chi connectivity index (χ1) is 13.2. The quantitative estimate of drug-likeness (QED) is 0.369. The summed E-state index contributed by atoms with van der Waals surface area (Å²) < 4.78 is 18.6. The first-order valence-electron chi connectivity index (χ1n) is 8.31. The van der Waals surface area contributed by atoms with Crippen LogP contribution >= 0.6 is 12.2 Å². The second-order valence-electron chi connectivity index (χ2n) is 5.67. The van der Waals surface area contributed by atoms with Crippen molar-refractivity contribution in [1.29, 1.82) is 0 Å². The molecule has 3 rings (SSSR count). The van der Waals surface area contributed by atoms with Crippen LogP contribution in [0.25, 0.3) is 0 Å². The molecule has 0 aliphatic heterocycles. The number of hydrogen-bond donors (Lipinski definition) is 2. The van der Waals surface area contributed by atoms with E-state index in [1.165, 1.54) is 12.1 Å². The fraction of sp³-hybridized carbons (Fsp3) is 0.0476. The number of rotatable bonds is 6. The third kappa shape index (κ3) is 6.20. The molecule has 3 aromatic rings. The molecule has 0 aliphatic carbocycles. The highest BCUT2D eigenvalue weighted by Gasteiger charge is 1.98. The summed E-state index contributed by atoms with van der Waals surface area (Å²) in [4.78, 5) is 0. The van der Waals surface area contributed by atoms with Crippen LogP contribution in [0.2, 0.25) is 0 Å². The fourth-order valence-electron chi connectivity index (χ4n) is 2.24. The van der Waals surface area contributed by atoms with Crippen LogP contribution < -0.4 is 15.5 Å². The lowest BCUT2D eigenvalue weighted by molar-refractivity contribution is 0.306. The number of halogens is 1. The molecule has 0 aliphatic rings. The largest absolute Gasteiger partial charge is 0.489 e. The van der Waals surface area contributed by atoms with E-state index in [9.17, 15) is 4.39 Å². The van der Waals surface area contributed by atoms with Gasteiger partial charge in [-0.25, -0.2) is 4.39 Å². The van der Waals surface area contributed by atoms with E-state index in [1.54, 1.807) is 18.3 Å². The molecule has 0 aromatic heterocycles. The molecule has 27 heavy (non-hydrogen) atoms. The topological polar surface area (TPSA) is 45.6 Å². The number of hydrogen-bond acceptors (Lipinski definition) is 3. The second-order valence-corrected chi connectivity index (χ2v) is 6.08. The number of para-hydroxylation sites is 1. The number of ether oxygens (including phenoxy) is 1. The normalized spacial score (nSPS) is 10.6. The second kappa shape index (κ2) is 9.45. The predicted molar refractivity (Wildman–Crippen MR) is 111 cm³/mol. The molecule has 4 nitrogen and oxygen atoms in total. The van der Waals surface area contributed by atoms with Crippen LogP contribution in [0.1, 0.15) is 11.1 Å². The minimum Gasteiger partial charge on any atom is -0.489 e. The van der Waals surface area contributed by atoms with Gasteiger partial charge in [-0.15, -0.1) is 0 Å². The monoisotopic (exact) mass is 379 g/mol. The molecule has 136 valence electrons. The number of anilines is 1. The van der Waals surface area contributed by atoms with E-state index in [2.05, 4.69) is 15.8 Å². The summed E-state index contributed by atoms with van der Waals surface area (Å²) in [7, 11) is 0. The summed E-state index contributed by atoms with van der Waals surface area (Å²) >= 11 is 5.18. The smallest absolute Gasteiger partial charge is 0.191 e. The van der Waals surface area contributed by atoms with E-state index < -0.39 is 0 Å². The number of thiocarbonyl (C=S) groups is 1. The van der Waals surface area contributed by atoms with Crippen molar-refractivity contribution < 1.29 is 9.13 Å². The zero-order valence-corrected chi connectivity index (χ0v) is 15.2. The van der Waals surface area contributed by atoms with E-state index in [0.717, 1.165) is 22.6 Å². The molecule has 0 atom stereocenters. The molecule has 3 aromatic carbocycles. The Labute approximate surface area is 162 Å². The van der Waals surface area contributed by atoms with E-state index in [0.29, 0.717) is 11.7 Å². The van der Waals surface area contributed by atoms with Crippen LogP contribution in [0.3, 0.4) is 0 Å². The maximum absolute atomic E-state index is 12.9. The molecule has 6 heteroatoms. The van der Waals surface area contributed by atoms with Gasteiger partial charge in [0.05, 0.1) is 6.21 Å². The van der Waals surface area contributed by atoms with Gasteiger partial charge in [0.1, 0.15) is 18.2 Å². The van der Waals surface area contributed by atoms with Crippen LogP contribution in [0, 0.1) is 5.82 Å². The zero-order valence-electron chi connectivity index (χ0n) is 14.4. The van der Waals surface area contributed by atoms with Gasteiger partial charge in [-0.05, 0) is 71.9 Å². The minimum atomic E-state index is -0.255. The Bertz CT molecular complexity index is 897. The highest BCUT2D eigenvalue weighted by atomic mass is 32.1. The number of nitrogens with zero attached hydrogens (tertiary/aromatic N) is 1. The van der Waals surface area contributed by atoms with Crippen LogP contribution in [0.5, 0.6) is 5.75 Å². The first-order valence-corrected chi connectivity index (χ1v) is 8.72.